The van der Waals surface area contributed by atoms with Gasteiger partial charge in [-0.2, -0.15) is 5.26 Å². The lowest BCUT2D eigenvalue weighted by atomic mass is 10.2. The second-order valence-corrected chi connectivity index (χ2v) is 4.52. The molecule has 1 aromatic heterocycles. The molecule has 1 N–H and O–H groups in total. The Morgan fingerprint density at radius 2 is 2.35 bits per heavy atom. The molecule has 1 aliphatic carbocycles. The minimum atomic E-state index is 0.210. The average molecular weight is 252 g/mol. The van der Waals surface area contributed by atoms with Crippen molar-refractivity contribution in [2.75, 3.05) is 12.4 Å². The minimum Gasteiger partial charge on any atom is -0.379 e. The zero-order valence-electron chi connectivity index (χ0n) is 9.61. The summed E-state index contributed by atoms with van der Waals surface area (Å²) in [5.41, 5.74) is 0.513. The van der Waals surface area contributed by atoms with Crippen LogP contribution in [0, 0.1) is 11.3 Å². The van der Waals surface area contributed by atoms with Gasteiger partial charge in [0.2, 0.25) is 0 Å². The van der Waals surface area contributed by atoms with E-state index in [1.165, 1.54) is 0 Å². The summed E-state index contributed by atoms with van der Waals surface area (Å²) >= 11 is 5.85. The lowest BCUT2D eigenvalue weighted by molar-refractivity contribution is 0.101. The molecule has 90 valence electrons. The Hall–Kier alpha value is -1.31. The first-order valence-corrected chi connectivity index (χ1v) is 5.97. The first kappa shape index (κ1) is 12.2. The highest BCUT2D eigenvalue weighted by Gasteiger charge is 2.27. The average Bonchev–Trinajstić information content (AvgIpc) is 2.75. The predicted molar refractivity (Wildman–Crippen MR) is 66.0 cm³/mol. The fraction of sp³-hybridized carbons (Fsp3) is 0.500. The van der Waals surface area contributed by atoms with Crippen LogP contribution in [0.4, 0.5) is 5.82 Å². The third-order valence-corrected chi connectivity index (χ3v) is 3.21. The molecule has 2 unspecified atom stereocenters. The molecule has 2 rings (SSSR count). The number of nitrogens with zero attached hydrogens (tertiary/aromatic N) is 2. The molecule has 0 aromatic carbocycles. The van der Waals surface area contributed by atoms with Crippen molar-refractivity contribution < 1.29 is 4.74 Å². The first-order chi connectivity index (χ1) is 8.22. The van der Waals surface area contributed by atoms with Crippen molar-refractivity contribution in [1.82, 2.24) is 4.98 Å². The van der Waals surface area contributed by atoms with Gasteiger partial charge < -0.3 is 10.1 Å². The lowest BCUT2D eigenvalue weighted by Crippen LogP contribution is -2.30. The molecule has 0 saturated heterocycles. The number of methoxy groups -OCH3 is 1. The van der Waals surface area contributed by atoms with Crippen LogP contribution >= 0.6 is 11.6 Å². The van der Waals surface area contributed by atoms with Gasteiger partial charge >= 0.3 is 0 Å². The molecule has 1 fully saturated rings. The van der Waals surface area contributed by atoms with Crippen LogP contribution < -0.4 is 5.32 Å². The van der Waals surface area contributed by atoms with Gasteiger partial charge in [-0.25, -0.2) is 4.98 Å². The molecule has 2 atom stereocenters. The van der Waals surface area contributed by atoms with Crippen LogP contribution in [0.1, 0.15) is 24.8 Å². The van der Waals surface area contributed by atoms with E-state index >= 15 is 0 Å². The fourth-order valence-corrected chi connectivity index (χ4v) is 2.41. The summed E-state index contributed by atoms with van der Waals surface area (Å²) in [5.74, 6) is 0.642. The number of nitriles is 1. The molecule has 1 aromatic rings. The van der Waals surface area contributed by atoms with Crippen molar-refractivity contribution in [2.24, 2.45) is 0 Å². The molecule has 1 saturated carbocycles. The summed E-state index contributed by atoms with van der Waals surface area (Å²) in [6, 6.07) is 5.57. The van der Waals surface area contributed by atoms with E-state index in [2.05, 4.69) is 16.4 Å². The van der Waals surface area contributed by atoms with Gasteiger partial charge in [-0.1, -0.05) is 11.6 Å². The number of ether oxygens (including phenoxy) is 1. The van der Waals surface area contributed by atoms with Crippen molar-refractivity contribution in [3.05, 3.63) is 22.8 Å². The number of nitrogens with one attached hydrogen (secondary N) is 1. The number of hydrogen-bond acceptors (Lipinski definition) is 4. The van der Waals surface area contributed by atoms with Crippen LogP contribution in [-0.2, 0) is 4.74 Å². The van der Waals surface area contributed by atoms with Crippen molar-refractivity contribution in [3.8, 4) is 6.07 Å². The van der Waals surface area contributed by atoms with E-state index in [9.17, 15) is 0 Å². The van der Waals surface area contributed by atoms with Crippen molar-refractivity contribution in [1.29, 1.82) is 5.26 Å². The summed E-state index contributed by atoms with van der Waals surface area (Å²) in [6.45, 7) is 0. The fourth-order valence-electron chi connectivity index (χ4n) is 2.20. The summed E-state index contributed by atoms with van der Waals surface area (Å²) < 4.78 is 5.39. The van der Waals surface area contributed by atoms with E-state index in [4.69, 9.17) is 21.6 Å². The monoisotopic (exact) mass is 251 g/mol. The number of rotatable bonds is 3. The Bertz CT molecular complexity index is 444. The Morgan fingerprint density at radius 1 is 1.53 bits per heavy atom. The lowest BCUT2D eigenvalue weighted by Gasteiger charge is -2.20. The molecule has 4 nitrogen and oxygen atoms in total. The molecular weight excluding hydrogens is 238 g/mol. The van der Waals surface area contributed by atoms with Crippen molar-refractivity contribution in [3.63, 3.8) is 0 Å². The van der Waals surface area contributed by atoms with E-state index in [0.717, 1.165) is 19.3 Å². The zero-order valence-corrected chi connectivity index (χ0v) is 10.4. The van der Waals surface area contributed by atoms with Gasteiger partial charge in [-0.05, 0) is 31.4 Å². The van der Waals surface area contributed by atoms with Gasteiger partial charge in [-0.3, -0.25) is 0 Å². The second-order valence-electron chi connectivity index (χ2n) is 4.13. The van der Waals surface area contributed by atoms with Gasteiger partial charge in [0.25, 0.3) is 0 Å². The third-order valence-electron chi connectivity index (χ3n) is 3.01. The van der Waals surface area contributed by atoms with Crippen LogP contribution in [0.15, 0.2) is 12.1 Å². The molecule has 1 aliphatic rings. The number of halogens is 1. The van der Waals surface area contributed by atoms with Crippen LogP contribution in [0.2, 0.25) is 5.15 Å². The number of hydrogen-bond donors (Lipinski definition) is 1. The smallest absolute Gasteiger partial charge is 0.132 e. The normalized spacial score (nSPS) is 23.4. The molecule has 0 spiro atoms. The van der Waals surface area contributed by atoms with Crippen LogP contribution in [-0.4, -0.2) is 24.2 Å². The summed E-state index contributed by atoms with van der Waals surface area (Å²) in [6.07, 6.45) is 3.46. The maximum absolute atomic E-state index is 8.86. The van der Waals surface area contributed by atoms with E-state index in [1.54, 1.807) is 19.2 Å². The van der Waals surface area contributed by atoms with Crippen LogP contribution in [0.5, 0.6) is 0 Å². The minimum absolute atomic E-state index is 0.210. The molecule has 5 heteroatoms. The Labute approximate surface area is 106 Å². The van der Waals surface area contributed by atoms with E-state index in [0.29, 0.717) is 16.5 Å². The Morgan fingerprint density at radius 3 is 3.06 bits per heavy atom. The highest BCUT2D eigenvalue weighted by Crippen LogP contribution is 2.25. The zero-order chi connectivity index (χ0) is 12.3. The highest BCUT2D eigenvalue weighted by atomic mass is 35.5. The molecule has 0 bridgehead atoms. The van der Waals surface area contributed by atoms with Gasteiger partial charge in [-0.15, -0.1) is 0 Å². The maximum atomic E-state index is 8.86. The van der Waals surface area contributed by atoms with E-state index < -0.39 is 0 Å². The molecule has 0 amide bonds. The topological polar surface area (TPSA) is 57.9 Å². The number of aromatic nitrogens is 1. The van der Waals surface area contributed by atoms with E-state index in [-0.39, 0.29) is 12.1 Å². The maximum Gasteiger partial charge on any atom is 0.132 e. The quantitative estimate of drug-likeness (QED) is 0.839. The Balaban J connectivity index is 2.13. The summed E-state index contributed by atoms with van der Waals surface area (Å²) in [7, 11) is 1.72. The molecule has 0 aliphatic heterocycles. The predicted octanol–water partition coefficient (Wildman–Crippen LogP) is 2.59. The second kappa shape index (κ2) is 5.35. The van der Waals surface area contributed by atoms with Gasteiger partial charge in [0.1, 0.15) is 11.0 Å². The van der Waals surface area contributed by atoms with Crippen LogP contribution in [0.25, 0.3) is 0 Å². The SMILES string of the molecule is COC1CCCC1Nc1cc(C#N)cc(Cl)n1. The van der Waals surface area contributed by atoms with Gasteiger partial charge in [0, 0.05) is 7.11 Å². The Kier molecular flexibility index (Phi) is 3.82. The summed E-state index contributed by atoms with van der Waals surface area (Å²) in [5, 5.41) is 12.5. The van der Waals surface area contributed by atoms with Crippen molar-refractivity contribution in [2.45, 2.75) is 31.4 Å². The largest absolute Gasteiger partial charge is 0.379 e. The van der Waals surface area contributed by atoms with Gasteiger partial charge in [0.15, 0.2) is 0 Å². The highest BCUT2D eigenvalue weighted by molar-refractivity contribution is 6.29. The van der Waals surface area contributed by atoms with Gasteiger partial charge in [0.05, 0.1) is 23.8 Å². The molecule has 1 heterocycles. The standard InChI is InChI=1S/C12H14ClN3O/c1-17-10-4-2-3-9(10)15-12-6-8(7-14)5-11(13)16-12/h5-6,9-10H,2-4H2,1H3,(H,15,16). The number of anilines is 1. The third kappa shape index (κ3) is 2.87. The first-order valence-electron chi connectivity index (χ1n) is 5.60. The van der Waals surface area contributed by atoms with Crippen molar-refractivity contribution >= 4 is 17.4 Å². The molecular formula is C12H14ClN3O. The summed E-state index contributed by atoms with van der Waals surface area (Å²) in [4.78, 5) is 4.16. The molecule has 17 heavy (non-hydrogen) atoms. The van der Waals surface area contributed by atoms with E-state index in [1.807, 2.05) is 0 Å². The molecule has 0 radical (unpaired) electrons. The number of pyridine rings is 1. The van der Waals surface area contributed by atoms with Crippen LogP contribution in [0.3, 0.4) is 0 Å².